The molecule has 168 valence electrons. The Kier molecular flexibility index (Phi) is 8.70. The van der Waals surface area contributed by atoms with Crippen LogP contribution in [0.1, 0.15) is 36.5 Å². The van der Waals surface area contributed by atoms with Crippen LogP contribution < -0.4 is 0 Å². The minimum atomic E-state index is -3.97. The molecule has 2 rings (SSSR count). The topological polar surface area (TPSA) is 101 Å². The highest BCUT2D eigenvalue weighted by molar-refractivity contribution is 7.89. The Bertz CT molecular complexity index is 929. The van der Waals surface area contributed by atoms with E-state index in [0.29, 0.717) is 24.8 Å². The van der Waals surface area contributed by atoms with Crippen molar-refractivity contribution in [2.75, 3.05) is 26.2 Å². The number of carbonyl (C=O) groups excluding carboxylic acids is 3. The lowest BCUT2D eigenvalue weighted by Crippen LogP contribution is -2.49. The van der Waals surface area contributed by atoms with E-state index >= 15 is 0 Å². The summed E-state index contributed by atoms with van der Waals surface area (Å²) >= 11 is 0. The molecule has 1 saturated heterocycles. The lowest BCUT2D eigenvalue weighted by atomic mass is 10.1. The number of benzene rings is 1. The molecule has 1 heterocycles. The number of sulfonamides is 1. The summed E-state index contributed by atoms with van der Waals surface area (Å²) in [6, 6.07) is 4.59. The van der Waals surface area contributed by atoms with Gasteiger partial charge < -0.3 is 9.64 Å². The van der Waals surface area contributed by atoms with Crippen LogP contribution in [0.5, 0.6) is 0 Å². The molecule has 31 heavy (non-hydrogen) atoms. The number of ketones is 1. The minimum absolute atomic E-state index is 0.00332. The molecule has 8 nitrogen and oxygen atoms in total. The summed E-state index contributed by atoms with van der Waals surface area (Å²) in [5, 5.41) is 0. The predicted octanol–water partition coefficient (Wildman–Crippen LogP) is 2.18. The summed E-state index contributed by atoms with van der Waals surface area (Å²) in [5.41, 5.74) is 0.399. The summed E-state index contributed by atoms with van der Waals surface area (Å²) in [4.78, 5) is 37.8. The minimum Gasteiger partial charge on any atom is -0.454 e. The van der Waals surface area contributed by atoms with Crippen molar-refractivity contribution in [1.29, 1.82) is 0 Å². The van der Waals surface area contributed by atoms with Crippen molar-refractivity contribution in [3.63, 3.8) is 0 Å². The van der Waals surface area contributed by atoms with E-state index in [1.165, 1.54) is 36.1 Å². The van der Waals surface area contributed by atoms with Gasteiger partial charge in [-0.3, -0.25) is 14.4 Å². The van der Waals surface area contributed by atoms with Crippen molar-refractivity contribution in [1.82, 2.24) is 9.21 Å². The Balaban J connectivity index is 2.14. The average molecular weight is 449 g/mol. The van der Waals surface area contributed by atoms with Gasteiger partial charge in [-0.15, -0.1) is 13.2 Å². The third-order valence-electron chi connectivity index (χ3n) is 4.98. The van der Waals surface area contributed by atoms with Crippen LogP contribution in [0.15, 0.2) is 54.5 Å². The molecule has 9 heteroatoms. The van der Waals surface area contributed by atoms with E-state index in [9.17, 15) is 22.8 Å². The lowest BCUT2D eigenvalue weighted by molar-refractivity contribution is -0.155. The van der Waals surface area contributed by atoms with Gasteiger partial charge in [0.1, 0.15) is 6.04 Å². The zero-order valence-electron chi connectivity index (χ0n) is 17.7. The van der Waals surface area contributed by atoms with Crippen LogP contribution in [0.3, 0.4) is 0 Å². The zero-order valence-corrected chi connectivity index (χ0v) is 18.5. The van der Waals surface area contributed by atoms with Crippen LogP contribution in [0.25, 0.3) is 0 Å². The van der Waals surface area contributed by atoms with Gasteiger partial charge in [-0.25, -0.2) is 8.42 Å². The van der Waals surface area contributed by atoms with Crippen LogP contribution in [0.2, 0.25) is 0 Å². The van der Waals surface area contributed by atoms with Crippen molar-refractivity contribution in [3.05, 3.63) is 55.1 Å². The monoisotopic (exact) mass is 448 g/mol. The first-order chi connectivity index (χ1) is 14.7. The maximum absolute atomic E-state index is 13.1. The van der Waals surface area contributed by atoms with Gasteiger partial charge in [0.15, 0.2) is 12.4 Å². The Morgan fingerprint density at radius 2 is 1.74 bits per heavy atom. The Hall–Kier alpha value is -2.78. The van der Waals surface area contributed by atoms with Gasteiger partial charge in [0.2, 0.25) is 10.0 Å². The summed E-state index contributed by atoms with van der Waals surface area (Å²) in [5.74, 6) is -1.35. The molecule has 1 aliphatic rings. The van der Waals surface area contributed by atoms with Crippen molar-refractivity contribution >= 4 is 27.7 Å². The van der Waals surface area contributed by atoms with Gasteiger partial charge in [0.25, 0.3) is 5.91 Å². The van der Waals surface area contributed by atoms with Crippen LogP contribution in [0.4, 0.5) is 0 Å². The molecule has 1 unspecified atom stereocenters. The number of carbonyl (C=O) groups is 3. The Labute approximate surface area is 183 Å². The van der Waals surface area contributed by atoms with Gasteiger partial charge in [-0.1, -0.05) is 24.3 Å². The highest BCUT2D eigenvalue weighted by Gasteiger charge is 2.38. The number of hydrogen-bond acceptors (Lipinski definition) is 6. The number of rotatable bonds is 10. The van der Waals surface area contributed by atoms with E-state index in [-0.39, 0.29) is 30.3 Å². The Morgan fingerprint density at radius 1 is 1.13 bits per heavy atom. The van der Waals surface area contributed by atoms with Crippen molar-refractivity contribution in [3.8, 4) is 0 Å². The van der Waals surface area contributed by atoms with Crippen LogP contribution in [0, 0.1) is 0 Å². The SMILES string of the molecule is C=CCN(CC=C)C(=O)COC(=O)C1CCCCN1S(=O)(=O)c1ccc(C(C)=O)cc1. The molecular formula is C22H28N2O6S. The van der Waals surface area contributed by atoms with Crippen LogP contribution in [-0.2, 0) is 24.3 Å². The van der Waals surface area contributed by atoms with E-state index in [2.05, 4.69) is 13.2 Å². The van der Waals surface area contributed by atoms with Crippen molar-refractivity contribution < 1.29 is 27.5 Å². The first kappa shape index (κ1) is 24.5. The molecule has 1 atom stereocenters. The molecular weight excluding hydrogens is 420 g/mol. The fourth-order valence-electron chi connectivity index (χ4n) is 3.34. The highest BCUT2D eigenvalue weighted by atomic mass is 32.2. The quantitative estimate of drug-likeness (QED) is 0.309. The third kappa shape index (κ3) is 6.11. The molecule has 0 aliphatic carbocycles. The van der Waals surface area contributed by atoms with Crippen LogP contribution in [-0.4, -0.2) is 67.6 Å². The first-order valence-electron chi connectivity index (χ1n) is 10.0. The average Bonchev–Trinajstić information content (AvgIpc) is 2.77. The van der Waals surface area contributed by atoms with Gasteiger partial charge in [0, 0.05) is 25.2 Å². The lowest BCUT2D eigenvalue weighted by Gasteiger charge is -2.33. The molecule has 1 fully saturated rings. The molecule has 0 bridgehead atoms. The normalized spacial score (nSPS) is 16.9. The first-order valence-corrected chi connectivity index (χ1v) is 11.5. The predicted molar refractivity (Wildman–Crippen MR) is 116 cm³/mol. The number of amides is 1. The third-order valence-corrected chi connectivity index (χ3v) is 6.91. The summed E-state index contributed by atoms with van der Waals surface area (Å²) < 4.78 is 32.6. The zero-order chi connectivity index (χ0) is 23.0. The summed E-state index contributed by atoms with van der Waals surface area (Å²) in [6.45, 7) is 8.81. The van der Waals surface area contributed by atoms with E-state index in [1.807, 2.05) is 0 Å². The Morgan fingerprint density at radius 3 is 2.29 bits per heavy atom. The molecule has 1 aromatic carbocycles. The van der Waals surface area contributed by atoms with Crippen molar-refractivity contribution in [2.24, 2.45) is 0 Å². The second kappa shape index (κ2) is 11.0. The van der Waals surface area contributed by atoms with Gasteiger partial charge in [-0.2, -0.15) is 4.31 Å². The molecule has 0 N–H and O–H groups in total. The van der Waals surface area contributed by atoms with Gasteiger partial charge in [-0.05, 0) is 38.3 Å². The molecule has 0 saturated carbocycles. The largest absolute Gasteiger partial charge is 0.454 e. The van der Waals surface area contributed by atoms with E-state index in [1.54, 1.807) is 12.2 Å². The van der Waals surface area contributed by atoms with Gasteiger partial charge in [0.05, 0.1) is 4.90 Å². The highest BCUT2D eigenvalue weighted by Crippen LogP contribution is 2.26. The molecule has 0 aromatic heterocycles. The maximum Gasteiger partial charge on any atom is 0.324 e. The fourth-order valence-corrected chi connectivity index (χ4v) is 4.98. The second-order valence-electron chi connectivity index (χ2n) is 7.19. The van der Waals surface area contributed by atoms with Crippen molar-refractivity contribution in [2.45, 2.75) is 37.1 Å². The number of hydrogen-bond donors (Lipinski definition) is 0. The number of piperidine rings is 1. The molecule has 0 spiro atoms. The molecule has 0 radical (unpaired) electrons. The molecule has 1 aliphatic heterocycles. The van der Waals surface area contributed by atoms with E-state index in [0.717, 1.165) is 4.31 Å². The maximum atomic E-state index is 13.1. The number of Topliss-reactive ketones (excluding diaryl/α,β-unsaturated/α-hetero) is 1. The second-order valence-corrected chi connectivity index (χ2v) is 9.08. The van der Waals surface area contributed by atoms with E-state index < -0.39 is 34.5 Å². The number of nitrogens with zero attached hydrogens (tertiary/aromatic N) is 2. The summed E-state index contributed by atoms with van der Waals surface area (Å²) in [6.07, 6.45) is 4.69. The standard InChI is InChI=1S/C22H28N2O6S/c1-4-13-23(14-5-2)21(26)16-30-22(27)20-8-6-7-15-24(20)31(28,29)19-11-9-18(10-12-19)17(3)25/h4-5,9-12,20H,1-2,6-8,13-16H2,3H3. The number of ether oxygens (including phenoxy) is 1. The number of esters is 1. The van der Waals surface area contributed by atoms with Gasteiger partial charge >= 0.3 is 5.97 Å². The van der Waals surface area contributed by atoms with E-state index in [4.69, 9.17) is 4.74 Å². The smallest absolute Gasteiger partial charge is 0.324 e. The van der Waals surface area contributed by atoms with Crippen LogP contribution >= 0.6 is 0 Å². The summed E-state index contributed by atoms with van der Waals surface area (Å²) in [7, 11) is -3.97. The molecule has 1 aromatic rings. The molecule has 1 amide bonds. The fraction of sp³-hybridized carbons (Fsp3) is 0.409.